The predicted octanol–water partition coefficient (Wildman–Crippen LogP) is 3.64. The minimum absolute atomic E-state index is 0.0148. The first-order chi connectivity index (χ1) is 19.1. The zero-order chi connectivity index (χ0) is 28.6. The van der Waals surface area contributed by atoms with Crippen LogP contribution in [0.1, 0.15) is 40.9 Å². The van der Waals surface area contributed by atoms with Crippen LogP contribution in [0.5, 0.6) is 5.88 Å². The Bertz CT molecular complexity index is 1630. The predicted molar refractivity (Wildman–Crippen MR) is 155 cm³/mol. The van der Waals surface area contributed by atoms with Crippen LogP contribution in [0, 0.1) is 12.3 Å². The van der Waals surface area contributed by atoms with E-state index in [-0.39, 0.29) is 45.8 Å². The number of amides is 1. The van der Waals surface area contributed by atoms with E-state index in [0.29, 0.717) is 35.9 Å². The van der Waals surface area contributed by atoms with E-state index in [2.05, 4.69) is 30.3 Å². The third-order valence-corrected chi connectivity index (χ3v) is 7.68. The van der Waals surface area contributed by atoms with E-state index in [0.717, 1.165) is 28.9 Å². The Morgan fingerprint density at radius 1 is 1.32 bits per heavy atom. The lowest BCUT2D eigenvalue weighted by molar-refractivity contribution is -0.119. The first-order valence-corrected chi connectivity index (χ1v) is 13.7. The van der Waals surface area contributed by atoms with Gasteiger partial charge in [-0.3, -0.25) is 19.6 Å². The zero-order valence-corrected chi connectivity index (χ0v) is 23.7. The SMILES string of the molecule is Cc1cc(N(C)C)nc2c1ccn2C(=O)c1nc(Nc2snc(O)c2C(=N)NCCC2CCC(=O)N2)ccc1Cl. The Morgan fingerprint density at radius 3 is 2.85 bits per heavy atom. The molecular weight excluding hydrogens is 554 g/mol. The van der Waals surface area contributed by atoms with Crippen LogP contribution in [-0.4, -0.2) is 68.3 Å². The van der Waals surface area contributed by atoms with Crippen LogP contribution >= 0.6 is 23.1 Å². The van der Waals surface area contributed by atoms with Crippen molar-refractivity contribution in [1.82, 2.24) is 29.5 Å². The number of rotatable bonds is 8. The number of fused-ring (bicyclic) bond motifs is 1. The molecule has 4 aromatic heterocycles. The van der Waals surface area contributed by atoms with Gasteiger partial charge < -0.3 is 26.0 Å². The number of aromatic hydroxyl groups is 1. The monoisotopic (exact) mass is 581 g/mol. The highest BCUT2D eigenvalue weighted by molar-refractivity contribution is 7.11. The molecule has 14 heteroatoms. The molecule has 0 aliphatic carbocycles. The van der Waals surface area contributed by atoms with Gasteiger partial charge in [-0.2, -0.15) is 4.37 Å². The van der Waals surface area contributed by atoms with Gasteiger partial charge in [0.15, 0.2) is 0 Å². The summed E-state index contributed by atoms with van der Waals surface area (Å²) in [7, 11) is 3.76. The van der Waals surface area contributed by atoms with Gasteiger partial charge in [0, 0.05) is 44.7 Å². The molecule has 1 aliphatic rings. The number of nitrogens with one attached hydrogen (secondary N) is 4. The lowest BCUT2D eigenvalue weighted by atomic mass is 10.1. The molecule has 40 heavy (non-hydrogen) atoms. The van der Waals surface area contributed by atoms with Crippen molar-refractivity contribution in [1.29, 1.82) is 5.41 Å². The number of carbonyl (C=O) groups is 2. The molecule has 12 nitrogen and oxygen atoms in total. The molecule has 208 valence electrons. The summed E-state index contributed by atoms with van der Waals surface area (Å²) < 4.78 is 5.39. The number of aromatic nitrogens is 4. The molecule has 0 bridgehead atoms. The highest BCUT2D eigenvalue weighted by Gasteiger charge is 2.23. The smallest absolute Gasteiger partial charge is 0.283 e. The number of amidine groups is 1. The summed E-state index contributed by atoms with van der Waals surface area (Å²) >= 11 is 7.36. The van der Waals surface area contributed by atoms with Crippen LogP contribution in [0.2, 0.25) is 5.02 Å². The van der Waals surface area contributed by atoms with Gasteiger partial charge in [-0.25, -0.2) is 9.97 Å². The Labute approximate surface area is 239 Å². The molecule has 1 atom stereocenters. The number of hydrogen-bond acceptors (Lipinski definition) is 10. The molecule has 5 rings (SSSR count). The molecule has 1 fully saturated rings. The van der Waals surface area contributed by atoms with Crippen LogP contribution in [0.15, 0.2) is 30.5 Å². The molecule has 1 saturated heterocycles. The average molecular weight is 582 g/mol. The normalized spacial score (nSPS) is 14.8. The Morgan fingerprint density at radius 2 is 2.12 bits per heavy atom. The fraction of sp³-hybridized carbons (Fsp3) is 0.308. The summed E-state index contributed by atoms with van der Waals surface area (Å²) in [5.74, 6) is 0.255. The van der Waals surface area contributed by atoms with Crippen LogP contribution in [-0.2, 0) is 4.79 Å². The summed E-state index contributed by atoms with van der Waals surface area (Å²) in [5, 5.41) is 29.1. The Balaban J connectivity index is 1.36. The number of nitrogens with zero attached hydrogens (tertiary/aromatic N) is 5. The maximum absolute atomic E-state index is 13.6. The minimum Gasteiger partial charge on any atom is -0.492 e. The van der Waals surface area contributed by atoms with Crippen molar-refractivity contribution in [3.05, 3.63) is 52.3 Å². The van der Waals surface area contributed by atoms with E-state index in [1.54, 1.807) is 18.3 Å². The van der Waals surface area contributed by atoms with E-state index in [1.807, 2.05) is 38.1 Å². The van der Waals surface area contributed by atoms with Gasteiger partial charge in [0.25, 0.3) is 5.91 Å². The van der Waals surface area contributed by atoms with Crippen LogP contribution in [0.25, 0.3) is 11.0 Å². The van der Waals surface area contributed by atoms with Crippen molar-refractivity contribution >= 4 is 68.5 Å². The van der Waals surface area contributed by atoms with Gasteiger partial charge in [-0.15, -0.1) is 0 Å². The van der Waals surface area contributed by atoms with E-state index in [9.17, 15) is 14.7 Å². The molecule has 0 aromatic carbocycles. The van der Waals surface area contributed by atoms with Crippen molar-refractivity contribution in [2.24, 2.45) is 0 Å². The number of carbonyl (C=O) groups excluding carboxylic acids is 2. The maximum Gasteiger partial charge on any atom is 0.283 e. The third kappa shape index (κ3) is 5.42. The van der Waals surface area contributed by atoms with Gasteiger partial charge >= 0.3 is 0 Å². The van der Waals surface area contributed by atoms with Crippen LogP contribution in [0.4, 0.5) is 16.6 Å². The quantitative estimate of drug-likeness (QED) is 0.154. The Kier molecular flexibility index (Phi) is 7.59. The fourth-order valence-electron chi connectivity index (χ4n) is 4.49. The molecule has 0 saturated carbocycles. The molecule has 0 radical (unpaired) electrons. The highest BCUT2D eigenvalue weighted by Crippen LogP contribution is 2.32. The highest BCUT2D eigenvalue weighted by atomic mass is 35.5. The molecule has 4 aromatic rings. The van der Waals surface area contributed by atoms with Gasteiger partial charge in [-0.05, 0) is 61.1 Å². The fourth-order valence-corrected chi connectivity index (χ4v) is 5.38. The van der Waals surface area contributed by atoms with E-state index in [4.69, 9.17) is 17.0 Å². The molecule has 0 spiro atoms. The molecule has 1 unspecified atom stereocenters. The van der Waals surface area contributed by atoms with Gasteiger partial charge in [0.1, 0.15) is 39.4 Å². The maximum atomic E-state index is 13.6. The number of anilines is 3. The van der Waals surface area contributed by atoms with E-state index in [1.165, 1.54) is 4.57 Å². The molecule has 1 amide bonds. The molecular formula is C26H28ClN9O3S. The van der Waals surface area contributed by atoms with Crippen molar-refractivity contribution in [2.45, 2.75) is 32.2 Å². The largest absolute Gasteiger partial charge is 0.492 e. The summed E-state index contributed by atoms with van der Waals surface area (Å²) in [6.45, 7) is 2.40. The number of pyridine rings is 2. The second-order valence-corrected chi connectivity index (χ2v) is 10.9. The molecule has 1 aliphatic heterocycles. The van der Waals surface area contributed by atoms with E-state index < -0.39 is 5.91 Å². The second-order valence-electron chi connectivity index (χ2n) is 9.68. The summed E-state index contributed by atoms with van der Waals surface area (Å²) in [6.07, 6.45) is 3.57. The van der Waals surface area contributed by atoms with E-state index >= 15 is 0 Å². The number of aryl methyl sites for hydroxylation is 1. The summed E-state index contributed by atoms with van der Waals surface area (Å²) in [5.41, 5.74) is 1.67. The number of hydrogen-bond donors (Lipinski definition) is 5. The Hall–Kier alpha value is -4.23. The third-order valence-electron chi connectivity index (χ3n) is 6.62. The van der Waals surface area contributed by atoms with Crippen LogP contribution < -0.4 is 20.9 Å². The van der Waals surface area contributed by atoms with Gasteiger partial charge in [0.05, 0.1) is 5.02 Å². The number of halogens is 1. The lowest BCUT2D eigenvalue weighted by Gasteiger charge is -2.14. The second kappa shape index (κ2) is 11.1. The van der Waals surface area contributed by atoms with Crippen molar-refractivity contribution in [3.63, 3.8) is 0 Å². The van der Waals surface area contributed by atoms with Crippen molar-refractivity contribution in [2.75, 3.05) is 30.9 Å². The summed E-state index contributed by atoms with van der Waals surface area (Å²) in [6, 6.07) is 7.00. The first kappa shape index (κ1) is 27.3. The standard InChI is InChI=1S/C26H28ClN9O3S/c1-13-12-18(35(2)3)33-23-15(13)9-11-36(23)26(39)21-16(27)5-6-17(31-21)32-25-20(24(38)34-40-25)22(28)29-10-8-14-4-7-19(37)30-14/h5-6,9,11-12,14H,4,7-8,10H2,1-3H3,(H2,28,29)(H,30,37)(H,31,32)(H,34,38). The minimum atomic E-state index is -0.452. The first-order valence-electron chi connectivity index (χ1n) is 12.6. The van der Waals surface area contributed by atoms with Gasteiger partial charge in [-0.1, -0.05) is 11.6 Å². The van der Waals surface area contributed by atoms with Crippen LogP contribution in [0.3, 0.4) is 0 Å². The lowest BCUT2D eigenvalue weighted by Crippen LogP contribution is -2.32. The zero-order valence-electron chi connectivity index (χ0n) is 22.1. The molecule has 5 heterocycles. The average Bonchev–Trinajstić information content (AvgIpc) is 3.63. The van der Waals surface area contributed by atoms with Crippen molar-refractivity contribution in [3.8, 4) is 5.88 Å². The topological polar surface area (TPSA) is 161 Å². The van der Waals surface area contributed by atoms with Gasteiger partial charge in [0.2, 0.25) is 11.8 Å². The van der Waals surface area contributed by atoms with Crippen molar-refractivity contribution < 1.29 is 14.7 Å². The summed E-state index contributed by atoms with van der Waals surface area (Å²) in [4.78, 5) is 35.9. The molecule has 5 N–H and O–H groups in total.